The van der Waals surface area contributed by atoms with Crippen molar-refractivity contribution in [3.8, 4) is 0 Å². The largest absolute Gasteiger partial charge is 0.480 e. The predicted molar refractivity (Wildman–Crippen MR) is 54.3 cm³/mol. The van der Waals surface area contributed by atoms with Crippen molar-refractivity contribution in [2.75, 3.05) is 0 Å². The molecule has 1 aliphatic carbocycles. The zero-order chi connectivity index (χ0) is 10.0. The molecule has 1 aliphatic rings. The number of carboxylic acids is 1. The zero-order valence-corrected chi connectivity index (χ0v) is 8.46. The predicted octanol–water partition coefficient (Wildman–Crippen LogP) is 2.18. The normalized spacial score (nSPS) is 18.6. The lowest BCUT2D eigenvalue weighted by Gasteiger charge is -2.36. The van der Waals surface area contributed by atoms with Gasteiger partial charge in [-0.3, -0.25) is 9.78 Å². The maximum atomic E-state index is 11.1. The molecule has 0 spiro atoms. The van der Waals surface area contributed by atoms with Crippen LogP contribution in [0.1, 0.15) is 19.3 Å². The first-order valence-electron chi connectivity index (χ1n) is 4.55. The summed E-state index contributed by atoms with van der Waals surface area (Å²) in [4.78, 5) is 16.0. The summed E-state index contributed by atoms with van der Waals surface area (Å²) in [6.07, 6.45) is 5.95. The number of carbonyl (C=O) groups is 1. The molecule has 0 aliphatic heterocycles. The number of nitrogens with zero attached hydrogens (tertiary/aromatic N) is 1. The number of carboxylic acid groups (broad SMARTS) is 1. The van der Waals surface area contributed by atoms with E-state index in [-0.39, 0.29) is 0 Å². The van der Waals surface area contributed by atoms with Gasteiger partial charge < -0.3 is 5.11 Å². The standard InChI is InChI=1S/C10H11NO2S/c12-9(13)10(4-1-5-10)14-8-2-6-11-7-3-8/h2-3,6-7H,1,4-5H2,(H,12,13). The highest BCUT2D eigenvalue weighted by atomic mass is 32.2. The maximum Gasteiger partial charge on any atom is 0.320 e. The summed E-state index contributed by atoms with van der Waals surface area (Å²) in [5.74, 6) is -0.689. The number of hydrogen-bond acceptors (Lipinski definition) is 3. The molecular formula is C10H11NO2S. The van der Waals surface area contributed by atoms with Crippen molar-refractivity contribution >= 4 is 17.7 Å². The van der Waals surface area contributed by atoms with E-state index in [1.54, 1.807) is 12.4 Å². The Labute approximate surface area is 86.5 Å². The number of pyridine rings is 1. The summed E-state index contributed by atoms with van der Waals surface area (Å²) in [7, 11) is 0. The van der Waals surface area contributed by atoms with Crippen LogP contribution >= 0.6 is 11.8 Å². The molecule has 1 heterocycles. The molecule has 14 heavy (non-hydrogen) atoms. The van der Waals surface area contributed by atoms with E-state index in [4.69, 9.17) is 5.11 Å². The van der Waals surface area contributed by atoms with Crippen LogP contribution in [0.25, 0.3) is 0 Å². The van der Waals surface area contributed by atoms with Gasteiger partial charge in [-0.15, -0.1) is 11.8 Å². The molecule has 74 valence electrons. The fourth-order valence-corrected chi connectivity index (χ4v) is 2.78. The minimum atomic E-state index is -0.689. The molecule has 2 rings (SSSR count). The Kier molecular flexibility index (Phi) is 2.46. The van der Waals surface area contributed by atoms with Crippen LogP contribution in [0.4, 0.5) is 0 Å². The van der Waals surface area contributed by atoms with Crippen molar-refractivity contribution in [1.82, 2.24) is 4.98 Å². The van der Waals surface area contributed by atoms with E-state index in [2.05, 4.69) is 4.98 Å². The molecular weight excluding hydrogens is 198 g/mol. The molecule has 1 N–H and O–H groups in total. The van der Waals surface area contributed by atoms with E-state index < -0.39 is 10.7 Å². The average Bonchev–Trinajstić information content (AvgIpc) is 2.12. The van der Waals surface area contributed by atoms with Gasteiger partial charge in [-0.25, -0.2) is 0 Å². The Hall–Kier alpha value is -1.03. The lowest BCUT2D eigenvalue weighted by Crippen LogP contribution is -2.41. The third kappa shape index (κ3) is 1.62. The fraction of sp³-hybridized carbons (Fsp3) is 0.400. The van der Waals surface area contributed by atoms with Gasteiger partial charge in [-0.05, 0) is 31.4 Å². The van der Waals surface area contributed by atoms with E-state index in [9.17, 15) is 4.79 Å². The van der Waals surface area contributed by atoms with Crippen LogP contribution in [0.15, 0.2) is 29.4 Å². The molecule has 0 aromatic carbocycles. The monoisotopic (exact) mass is 209 g/mol. The van der Waals surface area contributed by atoms with Crippen molar-refractivity contribution in [3.63, 3.8) is 0 Å². The highest BCUT2D eigenvalue weighted by molar-refractivity contribution is 8.01. The number of aromatic nitrogens is 1. The molecule has 0 bridgehead atoms. The third-order valence-electron chi connectivity index (χ3n) is 2.51. The van der Waals surface area contributed by atoms with Crippen molar-refractivity contribution in [2.24, 2.45) is 0 Å². The van der Waals surface area contributed by atoms with Crippen molar-refractivity contribution < 1.29 is 9.90 Å². The van der Waals surface area contributed by atoms with Crippen LogP contribution in [0.5, 0.6) is 0 Å². The topological polar surface area (TPSA) is 50.2 Å². The molecule has 3 nitrogen and oxygen atoms in total. The zero-order valence-electron chi connectivity index (χ0n) is 7.64. The van der Waals surface area contributed by atoms with Gasteiger partial charge in [0.15, 0.2) is 0 Å². The summed E-state index contributed by atoms with van der Waals surface area (Å²) in [6, 6.07) is 3.71. The maximum absolute atomic E-state index is 11.1. The Balaban J connectivity index is 2.13. The quantitative estimate of drug-likeness (QED) is 0.829. The van der Waals surface area contributed by atoms with Gasteiger partial charge in [0.1, 0.15) is 4.75 Å². The lowest BCUT2D eigenvalue weighted by molar-refractivity contribution is -0.142. The van der Waals surface area contributed by atoms with Crippen molar-refractivity contribution in [2.45, 2.75) is 28.9 Å². The molecule has 1 fully saturated rings. The lowest BCUT2D eigenvalue weighted by atomic mass is 9.84. The third-order valence-corrected chi connectivity index (χ3v) is 4.00. The average molecular weight is 209 g/mol. The number of hydrogen-bond donors (Lipinski definition) is 1. The minimum absolute atomic E-state index is 0.568. The Morgan fingerprint density at radius 2 is 2.07 bits per heavy atom. The highest BCUT2D eigenvalue weighted by Gasteiger charge is 2.45. The van der Waals surface area contributed by atoms with E-state index in [1.165, 1.54) is 11.8 Å². The molecule has 0 amide bonds. The molecule has 1 aromatic heterocycles. The van der Waals surface area contributed by atoms with Crippen LogP contribution in [0, 0.1) is 0 Å². The fourth-order valence-electron chi connectivity index (χ4n) is 1.49. The second-order valence-corrected chi connectivity index (χ2v) is 4.89. The van der Waals surface area contributed by atoms with Crippen molar-refractivity contribution in [3.05, 3.63) is 24.5 Å². The number of thioether (sulfide) groups is 1. The van der Waals surface area contributed by atoms with E-state index in [0.29, 0.717) is 0 Å². The summed E-state index contributed by atoms with van der Waals surface area (Å²) in [6.45, 7) is 0. The van der Waals surface area contributed by atoms with Crippen molar-refractivity contribution in [1.29, 1.82) is 0 Å². The van der Waals surface area contributed by atoms with Gasteiger partial charge in [0.05, 0.1) is 0 Å². The van der Waals surface area contributed by atoms with Crippen LogP contribution in [0.2, 0.25) is 0 Å². The molecule has 1 aromatic rings. The molecule has 1 saturated carbocycles. The summed E-state index contributed by atoms with van der Waals surface area (Å²) in [5, 5.41) is 9.11. The molecule has 4 heteroatoms. The SMILES string of the molecule is O=C(O)C1(Sc2ccncc2)CCC1. The minimum Gasteiger partial charge on any atom is -0.480 e. The molecule has 0 saturated heterocycles. The molecule has 0 unspecified atom stereocenters. The van der Waals surface area contributed by atoms with Crippen LogP contribution in [-0.4, -0.2) is 20.8 Å². The van der Waals surface area contributed by atoms with Crippen LogP contribution in [-0.2, 0) is 4.79 Å². The van der Waals surface area contributed by atoms with E-state index in [0.717, 1.165) is 24.2 Å². The Bertz CT molecular complexity index is 335. The summed E-state index contributed by atoms with van der Waals surface area (Å²) >= 11 is 1.45. The number of rotatable bonds is 3. The van der Waals surface area contributed by atoms with E-state index >= 15 is 0 Å². The highest BCUT2D eigenvalue weighted by Crippen LogP contribution is 2.47. The van der Waals surface area contributed by atoms with Crippen LogP contribution in [0.3, 0.4) is 0 Å². The van der Waals surface area contributed by atoms with Gasteiger partial charge in [-0.1, -0.05) is 0 Å². The first-order valence-corrected chi connectivity index (χ1v) is 5.37. The second kappa shape index (κ2) is 3.61. The summed E-state index contributed by atoms with van der Waals surface area (Å²) in [5.41, 5.74) is 0. The Morgan fingerprint density at radius 1 is 1.43 bits per heavy atom. The second-order valence-electron chi connectivity index (χ2n) is 3.44. The summed E-state index contributed by atoms with van der Waals surface area (Å²) < 4.78 is -0.568. The van der Waals surface area contributed by atoms with Gasteiger partial charge in [-0.2, -0.15) is 0 Å². The van der Waals surface area contributed by atoms with Gasteiger partial charge in [0.25, 0.3) is 0 Å². The number of aliphatic carboxylic acids is 1. The van der Waals surface area contributed by atoms with Crippen LogP contribution < -0.4 is 0 Å². The van der Waals surface area contributed by atoms with Gasteiger partial charge >= 0.3 is 5.97 Å². The first kappa shape index (κ1) is 9.52. The van der Waals surface area contributed by atoms with Gasteiger partial charge in [0, 0.05) is 17.3 Å². The molecule has 0 atom stereocenters. The first-order chi connectivity index (χ1) is 6.73. The molecule has 0 radical (unpaired) electrons. The smallest absolute Gasteiger partial charge is 0.320 e. The van der Waals surface area contributed by atoms with Gasteiger partial charge in [0.2, 0.25) is 0 Å². The van der Waals surface area contributed by atoms with E-state index in [1.807, 2.05) is 12.1 Å². The Morgan fingerprint density at radius 3 is 2.50 bits per heavy atom.